The Morgan fingerprint density at radius 1 is 1.33 bits per heavy atom. The van der Waals surface area contributed by atoms with Gasteiger partial charge in [0.05, 0.1) is 18.1 Å². The summed E-state index contributed by atoms with van der Waals surface area (Å²) in [6.45, 7) is 4.90. The molecule has 4 rings (SSSR count). The van der Waals surface area contributed by atoms with Crippen molar-refractivity contribution in [3.8, 4) is 0 Å². The summed E-state index contributed by atoms with van der Waals surface area (Å²) in [6, 6.07) is 4.65. The average molecular weight is 350 g/mol. The number of amides is 1. The van der Waals surface area contributed by atoms with Gasteiger partial charge in [-0.1, -0.05) is 6.07 Å². The van der Waals surface area contributed by atoms with Crippen molar-refractivity contribution in [2.24, 2.45) is 5.41 Å². The molecule has 24 heavy (non-hydrogen) atoms. The van der Waals surface area contributed by atoms with E-state index in [4.69, 9.17) is 9.47 Å². The van der Waals surface area contributed by atoms with Crippen LogP contribution in [0.2, 0.25) is 0 Å². The molecule has 6 heteroatoms. The third kappa shape index (κ3) is 3.12. The topological polar surface area (TPSA) is 50.8 Å². The Morgan fingerprint density at radius 3 is 3.00 bits per heavy atom. The molecule has 0 aliphatic carbocycles. The Bertz CT molecular complexity index is 559. The fraction of sp³-hybridized carbons (Fsp3) is 0.722. The second-order valence-electron chi connectivity index (χ2n) is 7.13. The molecule has 3 aliphatic rings. The zero-order chi connectivity index (χ0) is 16.4. The third-order valence-corrected chi connectivity index (χ3v) is 6.69. The maximum atomic E-state index is 13.1. The minimum Gasteiger partial charge on any atom is -0.381 e. The number of likely N-dealkylation sites (tertiary alicyclic amines) is 1. The molecule has 1 N–H and O–H groups in total. The Hall–Kier alpha value is -0.950. The van der Waals surface area contributed by atoms with Gasteiger partial charge in [0.15, 0.2) is 0 Å². The van der Waals surface area contributed by atoms with Crippen LogP contribution in [0.4, 0.5) is 0 Å². The number of carbonyl (C=O) groups is 1. The minimum atomic E-state index is -0.367. The number of thiophene rings is 1. The predicted molar refractivity (Wildman–Crippen MR) is 93.0 cm³/mol. The van der Waals surface area contributed by atoms with Crippen LogP contribution in [0, 0.1) is 5.41 Å². The molecule has 5 nitrogen and oxygen atoms in total. The number of hydrogen-bond donors (Lipinski definition) is 1. The van der Waals surface area contributed by atoms with Crippen molar-refractivity contribution < 1.29 is 14.3 Å². The van der Waals surface area contributed by atoms with E-state index in [0.29, 0.717) is 19.2 Å². The van der Waals surface area contributed by atoms with Crippen molar-refractivity contribution in [3.63, 3.8) is 0 Å². The van der Waals surface area contributed by atoms with Gasteiger partial charge in [0.1, 0.15) is 0 Å². The van der Waals surface area contributed by atoms with Crippen LogP contribution in [0.3, 0.4) is 0 Å². The fourth-order valence-corrected chi connectivity index (χ4v) is 5.06. The van der Waals surface area contributed by atoms with Crippen molar-refractivity contribution in [2.75, 3.05) is 32.9 Å². The lowest BCUT2D eigenvalue weighted by atomic mass is 9.75. The molecule has 3 aliphatic heterocycles. The van der Waals surface area contributed by atoms with E-state index in [1.807, 2.05) is 6.07 Å². The summed E-state index contributed by atoms with van der Waals surface area (Å²) in [5.74, 6) is 0.176. The van der Waals surface area contributed by atoms with Crippen molar-refractivity contribution in [3.05, 3.63) is 22.4 Å². The lowest BCUT2D eigenvalue weighted by Crippen LogP contribution is -2.59. The van der Waals surface area contributed by atoms with Crippen LogP contribution in [0.25, 0.3) is 0 Å². The summed E-state index contributed by atoms with van der Waals surface area (Å²) in [5.41, 5.74) is -0.367. The van der Waals surface area contributed by atoms with E-state index in [2.05, 4.69) is 21.7 Å². The van der Waals surface area contributed by atoms with Gasteiger partial charge in [-0.15, -0.1) is 11.3 Å². The molecule has 132 valence electrons. The number of ether oxygens (including phenoxy) is 2. The summed E-state index contributed by atoms with van der Waals surface area (Å²) < 4.78 is 11.4. The highest BCUT2D eigenvalue weighted by Crippen LogP contribution is 2.42. The molecule has 2 atom stereocenters. The molecule has 1 aromatic rings. The first kappa shape index (κ1) is 16.5. The standard InChI is InChI=1S/C18H26N2O3S/c21-17(19-12-15-2-1-11-24-15)18-6-10-23-16(18)3-7-20(13-18)14-4-8-22-9-5-14/h1-2,11,14,16H,3-10,12-13H2,(H,19,21)/t16-,18-/m0/s1. The molecule has 1 amide bonds. The first-order valence-electron chi connectivity index (χ1n) is 9.02. The summed E-state index contributed by atoms with van der Waals surface area (Å²) in [7, 11) is 0. The number of hydrogen-bond acceptors (Lipinski definition) is 5. The normalized spacial score (nSPS) is 31.8. The molecule has 3 fully saturated rings. The maximum absolute atomic E-state index is 13.1. The van der Waals surface area contributed by atoms with Gasteiger partial charge in [-0.2, -0.15) is 0 Å². The first-order valence-corrected chi connectivity index (χ1v) is 9.90. The molecule has 0 unspecified atom stereocenters. The Labute approximate surface area is 147 Å². The molecule has 0 aromatic carbocycles. The van der Waals surface area contributed by atoms with Gasteiger partial charge in [-0.05, 0) is 37.1 Å². The fourth-order valence-electron chi connectivity index (χ4n) is 4.42. The summed E-state index contributed by atoms with van der Waals surface area (Å²) in [4.78, 5) is 16.8. The number of nitrogens with one attached hydrogen (secondary N) is 1. The van der Waals surface area contributed by atoms with Gasteiger partial charge in [-0.25, -0.2) is 0 Å². The molecule has 0 bridgehead atoms. The zero-order valence-electron chi connectivity index (χ0n) is 14.0. The molecule has 0 saturated carbocycles. The number of nitrogens with zero attached hydrogens (tertiary/aromatic N) is 1. The van der Waals surface area contributed by atoms with Gasteiger partial charge < -0.3 is 14.8 Å². The molecule has 4 heterocycles. The van der Waals surface area contributed by atoms with Crippen LogP contribution in [0.15, 0.2) is 17.5 Å². The SMILES string of the molecule is O=C(NCc1cccs1)[C@]12CCO[C@H]1CCN(C1CCOCC1)C2. The van der Waals surface area contributed by atoms with E-state index in [-0.39, 0.29) is 17.4 Å². The third-order valence-electron chi connectivity index (χ3n) is 5.81. The van der Waals surface area contributed by atoms with E-state index in [9.17, 15) is 4.79 Å². The lowest BCUT2D eigenvalue weighted by molar-refractivity contribution is -0.141. The second-order valence-corrected chi connectivity index (χ2v) is 8.16. The van der Waals surface area contributed by atoms with Gasteiger partial charge in [0.25, 0.3) is 0 Å². The van der Waals surface area contributed by atoms with Crippen molar-refractivity contribution in [2.45, 2.75) is 44.4 Å². The van der Waals surface area contributed by atoms with Crippen LogP contribution in [0.5, 0.6) is 0 Å². The molecular weight excluding hydrogens is 324 g/mol. The highest BCUT2D eigenvalue weighted by molar-refractivity contribution is 7.09. The zero-order valence-corrected chi connectivity index (χ0v) is 14.9. The highest BCUT2D eigenvalue weighted by atomic mass is 32.1. The number of piperidine rings is 1. The van der Waals surface area contributed by atoms with Crippen LogP contribution in [-0.4, -0.2) is 55.9 Å². The highest BCUT2D eigenvalue weighted by Gasteiger charge is 2.53. The quantitative estimate of drug-likeness (QED) is 0.903. The predicted octanol–water partition coefficient (Wildman–Crippen LogP) is 2.02. The number of fused-ring (bicyclic) bond motifs is 1. The van der Waals surface area contributed by atoms with Gasteiger partial charge in [0.2, 0.25) is 5.91 Å². The van der Waals surface area contributed by atoms with Crippen molar-refractivity contribution >= 4 is 17.2 Å². The van der Waals surface area contributed by atoms with Crippen LogP contribution < -0.4 is 5.32 Å². The molecular formula is C18H26N2O3S. The number of rotatable bonds is 4. The van der Waals surface area contributed by atoms with E-state index in [0.717, 1.165) is 52.0 Å². The smallest absolute Gasteiger partial charge is 0.230 e. The average Bonchev–Trinajstić information content (AvgIpc) is 3.29. The van der Waals surface area contributed by atoms with E-state index < -0.39 is 0 Å². The second kappa shape index (κ2) is 7.12. The summed E-state index contributed by atoms with van der Waals surface area (Å²) in [6.07, 6.45) is 4.05. The van der Waals surface area contributed by atoms with Gasteiger partial charge in [-0.3, -0.25) is 9.69 Å². The van der Waals surface area contributed by atoms with E-state index in [1.54, 1.807) is 11.3 Å². The Balaban J connectivity index is 1.45. The number of carbonyl (C=O) groups excluding carboxylic acids is 1. The van der Waals surface area contributed by atoms with E-state index in [1.165, 1.54) is 4.88 Å². The first-order chi connectivity index (χ1) is 11.8. The van der Waals surface area contributed by atoms with Crippen LogP contribution >= 0.6 is 11.3 Å². The monoisotopic (exact) mass is 350 g/mol. The molecule has 0 spiro atoms. The molecule has 0 radical (unpaired) electrons. The molecule has 3 saturated heterocycles. The van der Waals surface area contributed by atoms with Crippen molar-refractivity contribution in [1.82, 2.24) is 10.2 Å². The van der Waals surface area contributed by atoms with Gasteiger partial charge >= 0.3 is 0 Å². The van der Waals surface area contributed by atoms with Crippen molar-refractivity contribution in [1.29, 1.82) is 0 Å². The van der Waals surface area contributed by atoms with Gasteiger partial charge in [0, 0.05) is 43.8 Å². The summed E-state index contributed by atoms with van der Waals surface area (Å²) >= 11 is 1.69. The lowest BCUT2D eigenvalue weighted by Gasteiger charge is -2.46. The van der Waals surface area contributed by atoms with E-state index >= 15 is 0 Å². The Morgan fingerprint density at radius 2 is 2.21 bits per heavy atom. The minimum absolute atomic E-state index is 0.0805. The largest absolute Gasteiger partial charge is 0.381 e. The summed E-state index contributed by atoms with van der Waals surface area (Å²) in [5, 5.41) is 5.23. The molecule has 1 aromatic heterocycles. The van der Waals surface area contributed by atoms with Crippen LogP contribution in [-0.2, 0) is 20.8 Å². The van der Waals surface area contributed by atoms with Crippen LogP contribution in [0.1, 0.15) is 30.6 Å². The maximum Gasteiger partial charge on any atom is 0.230 e. The Kier molecular flexibility index (Phi) is 4.90.